The van der Waals surface area contributed by atoms with Gasteiger partial charge in [-0.1, -0.05) is 29.4 Å². The van der Waals surface area contributed by atoms with E-state index in [1.807, 2.05) is 6.07 Å². The van der Waals surface area contributed by atoms with E-state index < -0.39 is 39.6 Å². The number of benzene rings is 2. The molecule has 2 aromatic carbocycles. The predicted octanol–water partition coefficient (Wildman–Crippen LogP) is 1.82. The van der Waals surface area contributed by atoms with Gasteiger partial charge >= 0.3 is 0 Å². The molecule has 1 atom stereocenters. The summed E-state index contributed by atoms with van der Waals surface area (Å²) in [7, 11) is -4.35. The van der Waals surface area contributed by atoms with Crippen molar-refractivity contribution in [3.63, 3.8) is 0 Å². The number of sulfonamides is 1. The molecule has 3 N–H and O–H groups in total. The third-order valence-electron chi connectivity index (χ3n) is 5.96. The van der Waals surface area contributed by atoms with Gasteiger partial charge in [-0.05, 0) is 37.1 Å². The highest BCUT2D eigenvalue weighted by Crippen LogP contribution is 2.30. The van der Waals surface area contributed by atoms with Crippen molar-refractivity contribution in [3.05, 3.63) is 82.2 Å². The SMILES string of the molecule is Cc1noc(C)c1S(=O)(=O)N1CCN(C(=O)c2cc(F)cc(F)c2)C1C(=O)NCc1cccc(CN)c1. The van der Waals surface area contributed by atoms with E-state index in [4.69, 9.17) is 10.3 Å². The summed E-state index contributed by atoms with van der Waals surface area (Å²) in [5, 5.41) is 6.34. The fraction of sp³-hybridized carbons (Fsp3) is 0.292. The minimum atomic E-state index is -4.35. The fourth-order valence-corrected chi connectivity index (χ4v) is 6.13. The zero-order valence-corrected chi connectivity index (χ0v) is 20.9. The molecule has 10 nitrogen and oxygen atoms in total. The molecule has 0 bridgehead atoms. The molecule has 1 saturated heterocycles. The number of nitrogens with two attached hydrogens (primary N) is 1. The second-order valence-corrected chi connectivity index (χ2v) is 10.4. The number of hydrogen-bond acceptors (Lipinski definition) is 7. The molecule has 0 aliphatic carbocycles. The average Bonchev–Trinajstić information content (AvgIpc) is 3.45. The first-order valence-corrected chi connectivity index (χ1v) is 12.7. The van der Waals surface area contributed by atoms with Crippen LogP contribution < -0.4 is 11.1 Å². The van der Waals surface area contributed by atoms with Crippen LogP contribution in [0.5, 0.6) is 0 Å². The molecule has 196 valence electrons. The maximum atomic E-state index is 13.8. The maximum Gasteiger partial charge on any atom is 0.259 e. The van der Waals surface area contributed by atoms with Gasteiger partial charge in [0.1, 0.15) is 22.2 Å². The van der Waals surface area contributed by atoms with Crippen LogP contribution in [0.1, 0.15) is 32.9 Å². The minimum absolute atomic E-state index is 0.0206. The summed E-state index contributed by atoms with van der Waals surface area (Å²) < 4.78 is 60.7. The van der Waals surface area contributed by atoms with E-state index in [1.54, 1.807) is 18.2 Å². The predicted molar refractivity (Wildman–Crippen MR) is 127 cm³/mol. The summed E-state index contributed by atoms with van der Waals surface area (Å²) in [5.74, 6) is -3.64. The lowest BCUT2D eigenvalue weighted by Crippen LogP contribution is -2.53. The number of nitrogens with zero attached hydrogens (tertiary/aromatic N) is 3. The van der Waals surface area contributed by atoms with Crippen LogP contribution in [0, 0.1) is 25.5 Å². The molecule has 0 spiro atoms. The van der Waals surface area contributed by atoms with Crippen molar-refractivity contribution in [1.29, 1.82) is 0 Å². The number of aryl methyl sites for hydroxylation is 2. The van der Waals surface area contributed by atoms with Crippen LogP contribution in [0.3, 0.4) is 0 Å². The van der Waals surface area contributed by atoms with Crippen LogP contribution in [0.4, 0.5) is 8.78 Å². The molecule has 1 aliphatic heterocycles. The summed E-state index contributed by atoms with van der Waals surface area (Å²) in [6.07, 6.45) is -1.63. The molecule has 0 radical (unpaired) electrons. The van der Waals surface area contributed by atoms with Crippen LogP contribution in [0.15, 0.2) is 51.9 Å². The number of carbonyl (C=O) groups is 2. The van der Waals surface area contributed by atoms with Crippen molar-refractivity contribution in [2.45, 2.75) is 38.0 Å². The summed E-state index contributed by atoms with van der Waals surface area (Å²) >= 11 is 0. The van der Waals surface area contributed by atoms with Gasteiger partial charge in [-0.3, -0.25) is 9.59 Å². The van der Waals surface area contributed by atoms with Gasteiger partial charge in [-0.15, -0.1) is 0 Å². The van der Waals surface area contributed by atoms with E-state index in [2.05, 4.69) is 10.5 Å². The molecule has 1 unspecified atom stereocenters. The normalized spacial score (nSPS) is 16.2. The minimum Gasteiger partial charge on any atom is -0.360 e. The number of nitrogens with one attached hydrogen (secondary N) is 1. The van der Waals surface area contributed by atoms with Crippen molar-refractivity contribution >= 4 is 21.8 Å². The summed E-state index contributed by atoms with van der Waals surface area (Å²) in [5.41, 5.74) is 6.94. The Kier molecular flexibility index (Phi) is 7.39. The summed E-state index contributed by atoms with van der Waals surface area (Å²) in [4.78, 5) is 27.4. The molecule has 1 aliphatic rings. The monoisotopic (exact) mass is 533 g/mol. The molecule has 2 heterocycles. The number of aromatic nitrogens is 1. The van der Waals surface area contributed by atoms with Crippen molar-refractivity contribution < 1.29 is 31.3 Å². The van der Waals surface area contributed by atoms with Crippen LogP contribution in [0.2, 0.25) is 0 Å². The van der Waals surface area contributed by atoms with Crippen LogP contribution >= 0.6 is 0 Å². The van der Waals surface area contributed by atoms with Crippen molar-refractivity contribution in [2.75, 3.05) is 13.1 Å². The standard InChI is InChI=1S/C24H25F2N5O5S/c1-14-21(15(2)36-29-14)37(34,35)31-7-6-30(24(33)18-9-19(25)11-20(26)10-18)23(31)22(32)28-13-17-5-3-4-16(8-17)12-27/h3-5,8-11,23H,6-7,12-13,27H2,1-2H3,(H,28,32). The Labute approximate surface area is 212 Å². The molecule has 1 fully saturated rings. The first-order chi connectivity index (χ1) is 17.5. The van der Waals surface area contributed by atoms with Crippen molar-refractivity contribution in [2.24, 2.45) is 5.73 Å². The Morgan fingerprint density at radius 2 is 1.78 bits per heavy atom. The van der Waals surface area contributed by atoms with Crippen molar-refractivity contribution in [3.8, 4) is 0 Å². The van der Waals surface area contributed by atoms with E-state index in [-0.39, 0.29) is 41.5 Å². The second kappa shape index (κ2) is 10.4. The summed E-state index contributed by atoms with van der Waals surface area (Å²) in [6, 6.07) is 9.38. The van der Waals surface area contributed by atoms with Crippen LogP contribution in [-0.4, -0.2) is 53.8 Å². The van der Waals surface area contributed by atoms with Crippen LogP contribution in [0.25, 0.3) is 0 Å². The van der Waals surface area contributed by atoms with Gasteiger partial charge in [-0.25, -0.2) is 17.2 Å². The average molecular weight is 534 g/mol. The Hall–Kier alpha value is -3.68. The number of halogens is 2. The topological polar surface area (TPSA) is 139 Å². The van der Waals surface area contributed by atoms with E-state index in [0.717, 1.165) is 26.9 Å². The maximum absolute atomic E-state index is 13.8. The zero-order chi connectivity index (χ0) is 26.9. The van der Waals surface area contributed by atoms with Gasteiger partial charge in [0.15, 0.2) is 11.9 Å². The Morgan fingerprint density at radius 1 is 1.11 bits per heavy atom. The van der Waals surface area contributed by atoms with E-state index in [9.17, 15) is 26.8 Å². The lowest BCUT2D eigenvalue weighted by atomic mass is 10.1. The lowest BCUT2D eigenvalue weighted by molar-refractivity contribution is -0.127. The highest BCUT2D eigenvalue weighted by molar-refractivity contribution is 7.89. The van der Waals surface area contributed by atoms with Gasteiger partial charge < -0.3 is 20.5 Å². The molecular weight excluding hydrogens is 508 g/mol. The molecular formula is C24H25F2N5O5S. The molecule has 4 rings (SSSR count). The van der Waals surface area contributed by atoms with E-state index in [1.165, 1.54) is 13.8 Å². The van der Waals surface area contributed by atoms with Crippen molar-refractivity contribution in [1.82, 2.24) is 19.7 Å². The largest absolute Gasteiger partial charge is 0.360 e. The highest BCUT2D eigenvalue weighted by Gasteiger charge is 2.48. The second-order valence-electron chi connectivity index (χ2n) is 8.54. The molecule has 0 saturated carbocycles. The number of amides is 2. The molecule has 3 aromatic rings. The quantitative estimate of drug-likeness (QED) is 0.472. The first-order valence-electron chi connectivity index (χ1n) is 11.3. The highest BCUT2D eigenvalue weighted by atomic mass is 32.2. The zero-order valence-electron chi connectivity index (χ0n) is 20.1. The molecule has 2 amide bonds. The fourth-order valence-electron chi connectivity index (χ4n) is 4.29. The van der Waals surface area contributed by atoms with Gasteiger partial charge in [0.2, 0.25) is 0 Å². The third kappa shape index (κ3) is 5.24. The molecule has 1 aromatic heterocycles. The number of carbonyl (C=O) groups excluding carboxylic acids is 2. The Bertz CT molecular complexity index is 1420. The smallest absolute Gasteiger partial charge is 0.259 e. The van der Waals surface area contributed by atoms with Gasteiger partial charge in [0.05, 0.1) is 0 Å². The summed E-state index contributed by atoms with van der Waals surface area (Å²) in [6.45, 7) is 2.74. The third-order valence-corrected chi connectivity index (χ3v) is 8.06. The molecule has 37 heavy (non-hydrogen) atoms. The van der Waals surface area contributed by atoms with Crippen LogP contribution in [-0.2, 0) is 27.9 Å². The van der Waals surface area contributed by atoms with E-state index in [0.29, 0.717) is 18.2 Å². The van der Waals surface area contributed by atoms with Gasteiger partial charge in [0, 0.05) is 37.8 Å². The Balaban J connectivity index is 1.69. The Morgan fingerprint density at radius 3 is 2.41 bits per heavy atom. The van der Waals surface area contributed by atoms with E-state index >= 15 is 0 Å². The lowest BCUT2D eigenvalue weighted by Gasteiger charge is -2.28. The number of hydrogen-bond donors (Lipinski definition) is 2. The van der Waals surface area contributed by atoms with Gasteiger partial charge in [-0.2, -0.15) is 4.31 Å². The number of rotatable bonds is 7. The first kappa shape index (κ1) is 26.4. The molecule has 13 heteroatoms. The van der Waals surface area contributed by atoms with Gasteiger partial charge in [0.25, 0.3) is 21.8 Å².